The molecule has 0 radical (unpaired) electrons. The van der Waals surface area contributed by atoms with E-state index >= 15 is 0 Å². The summed E-state index contributed by atoms with van der Waals surface area (Å²) in [6, 6.07) is 24.8. The molecule has 4 rings (SSSR count). The molecule has 0 aliphatic carbocycles. The zero-order valence-corrected chi connectivity index (χ0v) is 20.1. The molecule has 1 fully saturated rings. The third-order valence-electron chi connectivity index (χ3n) is 6.16. The van der Waals surface area contributed by atoms with Gasteiger partial charge in [0.15, 0.2) is 0 Å². The van der Waals surface area contributed by atoms with Crippen LogP contribution in [0.25, 0.3) is 0 Å². The number of nitrogens with zero attached hydrogens (tertiary/aromatic N) is 2. The highest BCUT2D eigenvalue weighted by Crippen LogP contribution is 2.23. The quantitative estimate of drug-likeness (QED) is 0.464. The van der Waals surface area contributed by atoms with E-state index in [1.54, 1.807) is 12.1 Å². The van der Waals surface area contributed by atoms with Crippen LogP contribution in [0.4, 0.5) is 5.69 Å². The normalized spacial score (nSPS) is 15.7. The molecule has 1 unspecified atom stereocenters. The number of amides is 1. The van der Waals surface area contributed by atoms with Gasteiger partial charge in [0.05, 0.1) is 19.2 Å². The average Bonchev–Trinajstić information content (AvgIpc) is 3.34. The Kier molecular flexibility index (Phi) is 8.13. The minimum Gasteiger partial charge on any atom is -0.465 e. The van der Waals surface area contributed by atoms with Crippen molar-refractivity contribution in [2.24, 2.45) is 0 Å². The molecule has 3 aromatic carbocycles. The molecule has 7 heteroatoms. The summed E-state index contributed by atoms with van der Waals surface area (Å²) < 4.78 is 10.6. The van der Waals surface area contributed by atoms with Crippen molar-refractivity contribution in [3.63, 3.8) is 0 Å². The Bertz CT molecular complexity index is 1120. The summed E-state index contributed by atoms with van der Waals surface area (Å²) in [5.41, 5.74) is 2.45. The Hall–Kier alpha value is -3.68. The van der Waals surface area contributed by atoms with E-state index in [-0.39, 0.29) is 11.9 Å². The van der Waals surface area contributed by atoms with E-state index in [4.69, 9.17) is 9.47 Å². The molecule has 0 bridgehead atoms. The number of benzene rings is 3. The predicted octanol–water partition coefficient (Wildman–Crippen LogP) is 4.41. The second-order valence-corrected chi connectivity index (χ2v) is 8.77. The maximum atomic E-state index is 12.6. The summed E-state index contributed by atoms with van der Waals surface area (Å²) in [7, 11) is 3.38. The van der Waals surface area contributed by atoms with Gasteiger partial charge in [0.2, 0.25) is 5.91 Å². The standard InChI is InChI=1S/C28H31N3O4/c1-30(24-16-17-31(19-24)18-21-8-10-22(11-9-21)28(33)34-2)20-27(32)29-23-12-14-26(15-13-23)35-25-6-4-3-5-7-25/h3-15,24H,16-20H2,1-2H3,(H,29,32). The second kappa shape index (κ2) is 11.6. The maximum Gasteiger partial charge on any atom is 0.337 e. The Morgan fingerprint density at radius 1 is 0.971 bits per heavy atom. The summed E-state index contributed by atoms with van der Waals surface area (Å²) in [6.07, 6.45) is 1.01. The van der Waals surface area contributed by atoms with Crippen LogP contribution in [0.15, 0.2) is 78.9 Å². The molecule has 0 aromatic heterocycles. The van der Waals surface area contributed by atoms with Gasteiger partial charge in [-0.25, -0.2) is 4.79 Å². The Morgan fingerprint density at radius 3 is 2.34 bits per heavy atom. The van der Waals surface area contributed by atoms with Crippen LogP contribution in [0.1, 0.15) is 22.3 Å². The van der Waals surface area contributed by atoms with Crippen molar-refractivity contribution in [2.75, 3.05) is 39.1 Å². The second-order valence-electron chi connectivity index (χ2n) is 8.77. The number of hydrogen-bond donors (Lipinski definition) is 1. The number of anilines is 1. The third kappa shape index (κ3) is 6.91. The molecule has 7 nitrogen and oxygen atoms in total. The van der Waals surface area contributed by atoms with Crippen molar-refractivity contribution < 1.29 is 19.1 Å². The number of methoxy groups -OCH3 is 1. The van der Waals surface area contributed by atoms with Gasteiger partial charge in [0.25, 0.3) is 0 Å². The first-order chi connectivity index (χ1) is 17.0. The van der Waals surface area contributed by atoms with Gasteiger partial charge >= 0.3 is 5.97 Å². The van der Waals surface area contributed by atoms with E-state index in [0.717, 1.165) is 48.8 Å². The third-order valence-corrected chi connectivity index (χ3v) is 6.16. The fraction of sp³-hybridized carbons (Fsp3) is 0.286. The molecule has 182 valence electrons. The number of rotatable bonds is 9. The monoisotopic (exact) mass is 473 g/mol. The van der Waals surface area contributed by atoms with E-state index in [1.165, 1.54) is 7.11 Å². The minimum atomic E-state index is -0.325. The van der Waals surface area contributed by atoms with E-state index < -0.39 is 0 Å². The van der Waals surface area contributed by atoms with Crippen molar-refractivity contribution in [3.05, 3.63) is 90.0 Å². The van der Waals surface area contributed by atoms with Crippen molar-refractivity contribution in [3.8, 4) is 11.5 Å². The molecule has 1 heterocycles. The summed E-state index contributed by atoms with van der Waals surface area (Å²) in [5, 5.41) is 2.97. The number of nitrogens with one attached hydrogen (secondary N) is 1. The van der Waals surface area contributed by atoms with E-state index in [0.29, 0.717) is 18.2 Å². The Labute approximate surface area is 206 Å². The minimum absolute atomic E-state index is 0.0407. The van der Waals surface area contributed by atoms with E-state index in [9.17, 15) is 9.59 Å². The SMILES string of the molecule is COC(=O)c1ccc(CN2CCC(N(C)CC(=O)Nc3ccc(Oc4ccccc4)cc3)C2)cc1. The number of likely N-dealkylation sites (tertiary alicyclic amines) is 1. The molecule has 1 N–H and O–H groups in total. The molecule has 1 atom stereocenters. The first-order valence-corrected chi connectivity index (χ1v) is 11.7. The molecule has 0 saturated carbocycles. The van der Waals surface area contributed by atoms with Gasteiger partial charge in [-0.05, 0) is 67.6 Å². The lowest BCUT2D eigenvalue weighted by Crippen LogP contribution is -2.39. The molecule has 1 aliphatic rings. The summed E-state index contributed by atoms with van der Waals surface area (Å²) in [5.74, 6) is 1.13. The molecule has 1 aliphatic heterocycles. The zero-order chi connectivity index (χ0) is 24.6. The number of ether oxygens (including phenoxy) is 2. The number of carbonyl (C=O) groups excluding carboxylic acids is 2. The molecular formula is C28H31N3O4. The van der Waals surface area contributed by atoms with Gasteiger partial charge in [-0.15, -0.1) is 0 Å². The number of para-hydroxylation sites is 1. The molecule has 3 aromatic rings. The van der Waals surface area contributed by atoms with Crippen molar-refractivity contribution in [1.29, 1.82) is 0 Å². The zero-order valence-electron chi connectivity index (χ0n) is 20.1. The highest BCUT2D eigenvalue weighted by atomic mass is 16.5. The Balaban J connectivity index is 1.22. The largest absolute Gasteiger partial charge is 0.465 e. The fourth-order valence-electron chi connectivity index (χ4n) is 4.22. The number of carbonyl (C=O) groups is 2. The lowest BCUT2D eigenvalue weighted by Gasteiger charge is -2.24. The number of esters is 1. The Morgan fingerprint density at radius 2 is 1.66 bits per heavy atom. The van der Waals surface area contributed by atoms with Gasteiger partial charge in [-0.3, -0.25) is 14.6 Å². The highest BCUT2D eigenvalue weighted by molar-refractivity contribution is 5.92. The van der Waals surface area contributed by atoms with Gasteiger partial charge in [-0.2, -0.15) is 0 Å². The molecule has 0 spiro atoms. The smallest absolute Gasteiger partial charge is 0.337 e. The van der Waals surface area contributed by atoms with Crippen LogP contribution in [0, 0.1) is 0 Å². The topological polar surface area (TPSA) is 71.1 Å². The molecule has 1 saturated heterocycles. The first kappa shape index (κ1) is 24.4. The molecule has 35 heavy (non-hydrogen) atoms. The summed E-state index contributed by atoms with van der Waals surface area (Å²) >= 11 is 0. The van der Waals surface area contributed by atoms with Crippen LogP contribution in [0.5, 0.6) is 11.5 Å². The van der Waals surface area contributed by atoms with Crippen LogP contribution in [0.2, 0.25) is 0 Å². The molecule has 1 amide bonds. The van der Waals surface area contributed by atoms with E-state index in [1.807, 2.05) is 73.8 Å². The van der Waals surface area contributed by atoms with Crippen LogP contribution in [0.3, 0.4) is 0 Å². The van der Waals surface area contributed by atoms with Gasteiger partial charge in [0.1, 0.15) is 11.5 Å². The summed E-state index contributed by atoms with van der Waals surface area (Å²) in [6.45, 7) is 3.01. The number of likely N-dealkylation sites (N-methyl/N-ethyl adjacent to an activating group) is 1. The summed E-state index contributed by atoms with van der Waals surface area (Å²) in [4.78, 5) is 28.7. The molecular weight excluding hydrogens is 442 g/mol. The fourth-order valence-corrected chi connectivity index (χ4v) is 4.22. The van der Waals surface area contributed by atoms with Crippen LogP contribution in [-0.2, 0) is 16.1 Å². The predicted molar refractivity (Wildman–Crippen MR) is 136 cm³/mol. The lowest BCUT2D eigenvalue weighted by atomic mass is 10.1. The van der Waals surface area contributed by atoms with Gasteiger partial charge in [0, 0.05) is 31.4 Å². The van der Waals surface area contributed by atoms with Crippen molar-refractivity contribution >= 4 is 17.6 Å². The number of hydrogen-bond acceptors (Lipinski definition) is 6. The van der Waals surface area contributed by atoms with Crippen molar-refractivity contribution in [1.82, 2.24) is 9.80 Å². The van der Waals surface area contributed by atoms with Gasteiger partial charge in [-0.1, -0.05) is 30.3 Å². The first-order valence-electron chi connectivity index (χ1n) is 11.7. The van der Waals surface area contributed by atoms with E-state index in [2.05, 4.69) is 15.1 Å². The van der Waals surface area contributed by atoms with Gasteiger partial charge < -0.3 is 14.8 Å². The average molecular weight is 474 g/mol. The van der Waals surface area contributed by atoms with Crippen LogP contribution in [-0.4, -0.2) is 61.5 Å². The van der Waals surface area contributed by atoms with Crippen molar-refractivity contribution in [2.45, 2.75) is 19.0 Å². The van der Waals surface area contributed by atoms with Crippen LogP contribution < -0.4 is 10.1 Å². The maximum absolute atomic E-state index is 12.6. The lowest BCUT2D eigenvalue weighted by molar-refractivity contribution is -0.117. The van der Waals surface area contributed by atoms with Crippen LogP contribution >= 0.6 is 0 Å². The highest BCUT2D eigenvalue weighted by Gasteiger charge is 2.26.